The van der Waals surface area contributed by atoms with Gasteiger partial charge in [-0.2, -0.15) is 0 Å². The number of rotatable bonds is 1. The van der Waals surface area contributed by atoms with Crippen LogP contribution in [0.25, 0.3) is 22.5 Å². The maximum atomic E-state index is 2.33. The molecule has 1 nitrogen and oxygen atoms in total. The van der Waals surface area contributed by atoms with Crippen LogP contribution in [0.5, 0.6) is 0 Å². The van der Waals surface area contributed by atoms with Crippen LogP contribution in [0.2, 0.25) is 0 Å². The predicted octanol–water partition coefficient (Wildman–Crippen LogP) is 5.08. The van der Waals surface area contributed by atoms with Crippen LogP contribution in [0, 0.1) is 0 Å². The summed E-state index contributed by atoms with van der Waals surface area (Å²) in [7, 11) is 0. The first-order valence-electron chi connectivity index (χ1n) is 6.42. The Labute approximate surface area is 151 Å². The van der Waals surface area contributed by atoms with Gasteiger partial charge in [0.1, 0.15) is 0 Å². The summed E-state index contributed by atoms with van der Waals surface area (Å²) in [5.41, 5.74) is 4.24. The van der Waals surface area contributed by atoms with E-state index in [9.17, 15) is 0 Å². The van der Waals surface area contributed by atoms with Crippen LogP contribution in [-0.4, -0.2) is 4.57 Å². The van der Waals surface area contributed by atoms with E-state index in [4.69, 9.17) is 0 Å². The molecule has 21 heavy (non-hydrogen) atoms. The van der Waals surface area contributed by atoms with Crippen molar-refractivity contribution in [3.05, 3.63) is 72.1 Å². The third-order valence-corrected chi connectivity index (χ3v) is 5.25. The van der Waals surface area contributed by atoms with Crippen molar-refractivity contribution in [1.82, 2.24) is 4.57 Å². The number of aromatic nitrogens is 1. The normalized spacial score (nSPS) is 15.8. The molecular weight excluding hydrogens is 380 g/mol. The van der Waals surface area contributed by atoms with Crippen molar-refractivity contribution < 1.29 is 24.7 Å². The summed E-state index contributed by atoms with van der Waals surface area (Å²) < 4.78 is 2.84. The van der Waals surface area contributed by atoms with Crippen molar-refractivity contribution >= 4 is 47.4 Å². The second-order valence-electron chi connectivity index (χ2n) is 4.93. The molecular formula is C17H14Cl2NZr. The van der Waals surface area contributed by atoms with Crippen molar-refractivity contribution in [3.8, 4) is 0 Å². The number of fused-ring (bicyclic) bond motifs is 2. The molecule has 105 valence electrons. The molecule has 4 rings (SSSR count). The van der Waals surface area contributed by atoms with E-state index < -0.39 is 0 Å². The van der Waals surface area contributed by atoms with Crippen LogP contribution >= 0.6 is 24.8 Å². The zero-order valence-corrected chi connectivity index (χ0v) is 15.3. The van der Waals surface area contributed by atoms with Crippen LogP contribution < -0.4 is 0 Å². The minimum atomic E-state index is 0. The molecule has 3 aromatic rings. The van der Waals surface area contributed by atoms with E-state index in [1.807, 2.05) is 0 Å². The Kier molecular flexibility index (Phi) is 5.14. The summed E-state index contributed by atoms with van der Waals surface area (Å²) >= 11 is 1.55. The summed E-state index contributed by atoms with van der Waals surface area (Å²) in [6, 6.07) is 17.3. The fourth-order valence-corrected chi connectivity index (χ4v) is 3.98. The molecule has 0 unspecified atom stereocenters. The number of benzene rings is 2. The predicted molar refractivity (Wildman–Crippen MR) is 89.8 cm³/mol. The summed E-state index contributed by atoms with van der Waals surface area (Å²) in [5, 5.41) is 2.62. The molecule has 0 saturated carbocycles. The Morgan fingerprint density at radius 1 is 0.810 bits per heavy atom. The molecule has 1 heterocycles. The molecule has 0 saturated heterocycles. The van der Waals surface area contributed by atoms with Gasteiger partial charge in [0.15, 0.2) is 0 Å². The zero-order valence-electron chi connectivity index (χ0n) is 11.2. The summed E-state index contributed by atoms with van der Waals surface area (Å²) in [6.07, 6.45) is 6.81. The number of allylic oxidation sites excluding steroid dienone is 1. The molecule has 4 heteroatoms. The molecule has 1 aliphatic rings. The van der Waals surface area contributed by atoms with Gasteiger partial charge < -0.3 is 0 Å². The van der Waals surface area contributed by atoms with Crippen molar-refractivity contribution in [1.29, 1.82) is 0 Å². The van der Waals surface area contributed by atoms with Gasteiger partial charge in [0.05, 0.1) is 0 Å². The van der Waals surface area contributed by atoms with Gasteiger partial charge in [-0.15, -0.1) is 24.8 Å². The van der Waals surface area contributed by atoms with Crippen LogP contribution in [0.3, 0.4) is 0 Å². The van der Waals surface area contributed by atoms with E-state index >= 15 is 0 Å². The molecule has 1 aromatic heterocycles. The Bertz CT molecular complexity index is 774. The molecule has 0 fully saturated rings. The van der Waals surface area contributed by atoms with Crippen LogP contribution in [0.1, 0.15) is 14.8 Å². The summed E-state index contributed by atoms with van der Waals surface area (Å²) in [5.74, 6) is 0. The monoisotopic (exact) mass is 392 g/mol. The minimum absolute atomic E-state index is 0. The van der Waals surface area contributed by atoms with E-state index in [1.165, 1.54) is 27.6 Å². The number of hydrogen-bond donors (Lipinski definition) is 0. The van der Waals surface area contributed by atoms with Gasteiger partial charge >= 0.3 is 128 Å². The quantitative estimate of drug-likeness (QED) is 0.542. The molecule has 0 bridgehead atoms. The van der Waals surface area contributed by atoms with Crippen molar-refractivity contribution in [3.63, 3.8) is 0 Å². The fourth-order valence-electron chi connectivity index (χ4n) is 2.76. The Hall–Kier alpha value is -0.817. The first kappa shape index (κ1) is 16.6. The Balaban J connectivity index is 0.000000807. The van der Waals surface area contributed by atoms with Crippen molar-refractivity contribution in [2.75, 3.05) is 0 Å². The second kappa shape index (κ2) is 6.52. The molecule has 1 atom stereocenters. The SMILES string of the molecule is Cl.Cl.[Zr][C@@H]1C(n2cc3ccccc3c2)=Cc2ccccc21. The van der Waals surface area contributed by atoms with E-state index in [-0.39, 0.29) is 24.8 Å². The van der Waals surface area contributed by atoms with Gasteiger partial charge in [0, 0.05) is 0 Å². The van der Waals surface area contributed by atoms with Gasteiger partial charge in [-0.05, 0) is 0 Å². The van der Waals surface area contributed by atoms with Gasteiger partial charge in [0.2, 0.25) is 0 Å². The fraction of sp³-hybridized carbons (Fsp3) is 0.0588. The number of nitrogens with zero attached hydrogens (tertiary/aromatic N) is 1. The molecule has 0 aliphatic heterocycles. The van der Waals surface area contributed by atoms with Crippen molar-refractivity contribution in [2.45, 2.75) is 3.63 Å². The van der Waals surface area contributed by atoms with E-state index in [0.717, 1.165) is 0 Å². The average molecular weight is 394 g/mol. The Morgan fingerprint density at radius 3 is 2.00 bits per heavy atom. The molecule has 0 amide bonds. The third-order valence-electron chi connectivity index (χ3n) is 3.76. The summed E-state index contributed by atoms with van der Waals surface area (Å²) in [6.45, 7) is 0. The van der Waals surface area contributed by atoms with E-state index in [1.54, 1.807) is 24.7 Å². The Morgan fingerprint density at radius 2 is 1.38 bits per heavy atom. The van der Waals surface area contributed by atoms with Gasteiger partial charge in [-0.3, -0.25) is 0 Å². The van der Waals surface area contributed by atoms with Crippen LogP contribution in [0.15, 0.2) is 60.9 Å². The first-order valence-corrected chi connectivity index (χ1v) is 7.83. The van der Waals surface area contributed by atoms with Gasteiger partial charge in [0.25, 0.3) is 0 Å². The molecule has 0 spiro atoms. The third kappa shape index (κ3) is 2.77. The topological polar surface area (TPSA) is 4.93 Å². The second-order valence-corrected chi connectivity index (χ2v) is 6.34. The van der Waals surface area contributed by atoms with E-state index in [0.29, 0.717) is 3.63 Å². The summed E-state index contributed by atoms with van der Waals surface area (Å²) in [4.78, 5) is 0. The number of halogens is 2. The average Bonchev–Trinajstić information content (AvgIpc) is 3.00. The molecule has 1 aliphatic carbocycles. The first-order chi connectivity index (χ1) is 9.33. The van der Waals surface area contributed by atoms with Crippen LogP contribution in [0.4, 0.5) is 0 Å². The van der Waals surface area contributed by atoms with Crippen molar-refractivity contribution in [2.24, 2.45) is 0 Å². The van der Waals surface area contributed by atoms with Gasteiger partial charge in [-0.25, -0.2) is 0 Å². The maximum absolute atomic E-state index is 2.33. The molecule has 0 radical (unpaired) electrons. The molecule has 2 aromatic carbocycles. The standard InChI is InChI=1S/C17H12N.2ClH.Zr/c1-2-6-14-10-17(9-13(14)5-1)18-11-15-7-3-4-8-16(15)12-18;;;/h1-12H;2*1H;. The zero-order chi connectivity index (χ0) is 12.8. The number of hydrogen-bond acceptors (Lipinski definition) is 0. The molecule has 0 N–H and O–H groups in total. The van der Waals surface area contributed by atoms with E-state index in [2.05, 4.69) is 71.6 Å². The van der Waals surface area contributed by atoms with Crippen LogP contribution in [-0.2, 0) is 24.7 Å². The van der Waals surface area contributed by atoms with Gasteiger partial charge in [-0.1, -0.05) is 0 Å².